The third kappa shape index (κ3) is 5.71. The second-order valence-corrected chi connectivity index (χ2v) is 11.0. The van der Waals surface area contributed by atoms with Crippen LogP contribution in [0.5, 0.6) is 0 Å². The third-order valence-electron chi connectivity index (χ3n) is 7.18. The molecule has 2 atom stereocenters. The molecule has 0 aliphatic carbocycles. The minimum Gasteiger partial charge on any atom is -0.337 e. The number of fused-ring (bicyclic) bond motifs is 1. The lowest BCUT2D eigenvalue weighted by atomic mass is 9.98. The first-order chi connectivity index (χ1) is 18.4. The van der Waals surface area contributed by atoms with E-state index < -0.39 is 12.2 Å². The van der Waals surface area contributed by atoms with Crippen LogP contribution in [0.2, 0.25) is 0 Å². The van der Waals surface area contributed by atoms with Crippen LogP contribution in [0.4, 0.5) is 9.18 Å². The molecular weight excluding hydrogens is 505 g/mol. The molecule has 3 heterocycles. The van der Waals surface area contributed by atoms with E-state index in [-0.39, 0.29) is 43.3 Å². The van der Waals surface area contributed by atoms with E-state index in [1.165, 1.54) is 17.0 Å². The smallest absolute Gasteiger partial charge is 0.334 e. The Labute approximate surface area is 226 Å². The number of benzene rings is 2. The summed E-state index contributed by atoms with van der Waals surface area (Å²) in [7, 11) is 1.71. The van der Waals surface area contributed by atoms with E-state index in [0.29, 0.717) is 13.0 Å². The van der Waals surface area contributed by atoms with Crippen LogP contribution in [0.1, 0.15) is 24.0 Å². The first kappa shape index (κ1) is 26.2. The van der Waals surface area contributed by atoms with Crippen molar-refractivity contribution >= 4 is 29.6 Å². The van der Waals surface area contributed by atoms with Gasteiger partial charge in [-0.15, -0.1) is 11.8 Å². The van der Waals surface area contributed by atoms with Gasteiger partial charge in [0.15, 0.2) is 0 Å². The Kier molecular flexibility index (Phi) is 7.99. The fraction of sp³-hybridized carbons (Fsp3) is 0.393. The molecule has 2 saturated heterocycles. The number of piperazine rings is 1. The molecule has 0 spiro atoms. The summed E-state index contributed by atoms with van der Waals surface area (Å²) in [5, 5.41) is 6.07. The molecule has 5 rings (SSSR count). The normalized spacial score (nSPS) is 21.9. The first-order valence-electron chi connectivity index (χ1n) is 12.9. The molecule has 0 bridgehead atoms. The van der Waals surface area contributed by atoms with E-state index in [0.717, 1.165) is 29.7 Å². The number of nitrogens with one attached hydrogen (secondary N) is 1. The van der Waals surface area contributed by atoms with Gasteiger partial charge in [-0.05, 0) is 41.0 Å². The second kappa shape index (κ2) is 11.6. The molecule has 38 heavy (non-hydrogen) atoms. The van der Waals surface area contributed by atoms with Crippen LogP contribution in [0.3, 0.4) is 0 Å². The Balaban J connectivity index is 1.39. The number of allylic oxidation sites excluding steroid dienone is 1. The molecule has 2 aromatic rings. The lowest BCUT2D eigenvalue weighted by Gasteiger charge is -2.54. The monoisotopic (exact) mass is 537 g/mol. The third-order valence-corrected chi connectivity index (χ3v) is 8.36. The van der Waals surface area contributed by atoms with Crippen LogP contribution < -0.4 is 5.32 Å². The highest BCUT2D eigenvalue weighted by molar-refractivity contribution is 8.03. The van der Waals surface area contributed by atoms with Crippen molar-refractivity contribution in [3.8, 4) is 0 Å². The maximum absolute atomic E-state index is 13.8. The summed E-state index contributed by atoms with van der Waals surface area (Å²) < 4.78 is 13.3. The average Bonchev–Trinajstić information content (AvgIpc) is 3.43. The maximum Gasteiger partial charge on any atom is 0.334 e. The minimum atomic E-state index is -0.699. The van der Waals surface area contributed by atoms with Gasteiger partial charge in [-0.2, -0.15) is 0 Å². The van der Waals surface area contributed by atoms with Gasteiger partial charge in [-0.25, -0.2) is 19.2 Å². The molecule has 8 nitrogen and oxygen atoms in total. The summed E-state index contributed by atoms with van der Waals surface area (Å²) in [5.41, 5.74) is 1.72. The summed E-state index contributed by atoms with van der Waals surface area (Å²) in [4.78, 5) is 45.3. The summed E-state index contributed by atoms with van der Waals surface area (Å²) >= 11 is 1.82. The molecular formula is C28H32FN5O3S. The molecule has 3 aliphatic heterocycles. The van der Waals surface area contributed by atoms with Crippen molar-refractivity contribution in [3.05, 3.63) is 82.5 Å². The number of likely N-dealkylation sites (N-methyl/N-ethyl adjacent to an activating group) is 1. The second-order valence-electron chi connectivity index (χ2n) is 9.77. The Morgan fingerprint density at radius 1 is 1.08 bits per heavy atom. The quantitative estimate of drug-likeness (QED) is 0.587. The number of halogens is 1. The van der Waals surface area contributed by atoms with Crippen LogP contribution in [0.15, 0.2) is 65.6 Å². The highest BCUT2D eigenvalue weighted by atomic mass is 32.2. The van der Waals surface area contributed by atoms with Gasteiger partial charge >= 0.3 is 6.03 Å². The van der Waals surface area contributed by atoms with Crippen LogP contribution in [-0.4, -0.2) is 82.3 Å². The van der Waals surface area contributed by atoms with Crippen molar-refractivity contribution < 1.29 is 18.8 Å². The number of hydrazine groups is 1. The number of carbonyl (C=O) groups is 3. The van der Waals surface area contributed by atoms with Crippen molar-refractivity contribution in [1.82, 2.24) is 25.1 Å². The summed E-state index contributed by atoms with van der Waals surface area (Å²) in [6, 6.07) is 14.5. The standard InChI is InChI=1S/C28H32FN5O3S/c1-31-19-26(35)33-24(16-20-6-3-2-4-7-20)27(36)32(14-13-23-8-5-15-38-23)18-25(33)34(31)28(37)30-17-21-9-11-22(29)12-10-21/h2-4,6-12,24-25H,5,13-19H2,1H3,(H,30,37)/t24-,25-/m0/s1. The largest absolute Gasteiger partial charge is 0.337 e. The molecule has 4 amide bonds. The molecule has 10 heteroatoms. The first-order valence-corrected chi connectivity index (χ1v) is 13.9. The van der Waals surface area contributed by atoms with E-state index in [1.807, 2.05) is 42.1 Å². The number of nitrogens with zero attached hydrogens (tertiary/aromatic N) is 4. The molecule has 200 valence electrons. The van der Waals surface area contributed by atoms with E-state index in [9.17, 15) is 18.8 Å². The molecule has 1 N–H and O–H groups in total. The van der Waals surface area contributed by atoms with Gasteiger partial charge in [0, 0.05) is 32.3 Å². The molecule has 0 unspecified atom stereocenters. The van der Waals surface area contributed by atoms with Crippen LogP contribution in [0.25, 0.3) is 0 Å². The number of carbonyl (C=O) groups excluding carboxylic acids is 3. The molecule has 0 saturated carbocycles. The minimum absolute atomic E-state index is 0.0113. The fourth-order valence-electron chi connectivity index (χ4n) is 5.29. The summed E-state index contributed by atoms with van der Waals surface area (Å²) in [5.74, 6) is 0.465. The summed E-state index contributed by atoms with van der Waals surface area (Å²) in [6.45, 7) is 0.979. The van der Waals surface area contributed by atoms with Gasteiger partial charge in [0.05, 0.1) is 13.1 Å². The highest BCUT2D eigenvalue weighted by Crippen LogP contribution is 2.31. The van der Waals surface area contributed by atoms with Crippen LogP contribution in [-0.2, 0) is 22.6 Å². The highest BCUT2D eigenvalue weighted by Gasteiger charge is 2.50. The van der Waals surface area contributed by atoms with Crippen LogP contribution in [0, 0.1) is 5.82 Å². The Hall–Kier alpha value is -3.37. The van der Waals surface area contributed by atoms with Crippen molar-refractivity contribution in [1.29, 1.82) is 0 Å². The molecule has 3 aliphatic rings. The maximum atomic E-state index is 13.8. The summed E-state index contributed by atoms with van der Waals surface area (Å²) in [6.07, 6.45) is 3.78. The molecule has 2 aromatic carbocycles. The predicted molar refractivity (Wildman–Crippen MR) is 144 cm³/mol. The van der Waals surface area contributed by atoms with Gasteiger partial charge in [-0.1, -0.05) is 48.5 Å². The van der Waals surface area contributed by atoms with Gasteiger partial charge in [0.1, 0.15) is 18.0 Å². The van der Waals surface area contributed by atoms with Gasteiger partial charge in [0.2, 0.25) is 11.8 Å². The van der Waals surface area contributed by atoms with E-state index in [4.69, 9.17) is 0 Å². The van der Waals surface area contributed by atoms with Crippen molar-refractivity contribution in [3.63, 3.8) is 0 Å². The number of hydrogen-bond acceptors (Lipinski definition) is 5. The number of thioether (sulfide) groups is 1. The van der Waals surface area contributed by atoms with Crippen molar-refractivity contribution in [2.45, 2.75) is 38.0 Å². The van der Waals surface area contributed by atoms with Crippen molar-refractivity contribution in [2.24, 2.45) is 0 Å². The number of urea groups is 1. The zero-order valence-electron chi connectivity index (χ0n) is 21.4. The average molecular weight is 538 g/mol. The van der Waals surface area contributed by atoms with E-state index in [2.05, 4.69) is 11.4 Å². The number of rotatable bonds is 7. The van der Waals surface area contributed by atoms with E-state index >= 15 is 0 Å². The topological polar surface area (TPSA) is 76.2 Å². The van der Waals surface area contributed by atoms with Crippen LogP contribution >= 0.6 is 11.8 Å². The van der Waals surface area contributed by atoms with Gasteiger partial charge < -0.3 is 15.1 Å². The SMILES string of the molecule is CN1CC(=O)N2[C@@H](Cc3ccccc3)C(=O)N(CCC3=CCCS3)C[C@@H]2N1C(=O)NCc1ccc(F)cc1. The van der Waals surface area contributed by atoms with Gasteiger partial charge in [-0.3, -0.25) is 9.59 Å². The lowest BCUT2D eigenvalue weighted by Crippen LogP contribution is -2.76. The number of amides is 4. The number of hydrogen-bond donors (Lipinski definition) is 1. The zero-order chi connectivity index (χ0) is 26.6. The zero-order valence-corrected chi connectivity index (χ0v) is 22.2. The Bertz CT molecular complexity index is 1210. The Morgan fingerprint density at radius 3 is 2.55 bits per heavy atom. The lowest BCUT2D eigenvalue weighted by molar-refractivity contribution is -0.186. The molecule has 0 aromatic heterocycles. The molecule has 0 radical (unpaired) electrons. The molecule has 2 fully saturated rings. The predicted octanol–water partition coefficient (Wildman–Crippen LogP) is 3.22. The van der Waals surface area contributed by atoms with E-state index in [1.54, 1.807) is 39.0 Å². The van der Waals surface area contributed by atoms with Crippen molar-refractivity contribution in [2.75, 3.05) is 32.4 Å². The Morgan fingerprint density at radius 2 is 1.84 bits per heavy atom. The fourth-order valence-corrected chi connectivity index (χ4v) is 6.26. The van der Waals surface area contributed by atoms with Gasteiger partial charge in [0.25, 0.3) is 0 Å².